The van der Waals surface area contributed by atoms with Gasteiger partial charge in [-0.2, -0.15) is 4.98 Å². The fourth-order valence-electron chi connectivity index (χ4n) is 1.70. The Morgan fingerprint density at radius 3 is 2.95 bits per heavy atom. The van der Waals surface area contributed by atoms with E-state index in [2.05, 4.69) is 10.3 Å². The predicted molar refractivity (Wildman–Crippen MR) is 74.9 cm³/mol. The first kappa shape index (κ1) is 13.7. The van der Waals surface area contributed by atoms with E-state index in [9.17, 15) is 9.18 Å². The van der Waals surface area contributed by atoms with E-state index < -0.39 is 11.5 Å². The standard InChI is InChI=1S/C13H16FN3OS/c1-9(2)7-17-8-11(14)12(16-13(17)18)15-6-10-4-3-5-19-10/h3-5,8-9H,6-7H2,1-2H3,(H,15,16,18). The van der Waals surface area contributed by atoms with Crippen molar-refractivity contribution in [2.24, 2.45) is 5.92 Å². The molecule has 0 atom stereocenters. The highest BCUT2D eigenvalue weighted by Crippen LogP contribution is 2.13. The van der Waals surface area contributed by atoms with Crippen molar-refractivity contribution < 1.29 is 4.39 Å². The lowest BCUT2D eigenvalue weighted by molar-refractivity contribution is 0.485. The van der Waals surface area contributed by atoms with E-state index in [1.165, 1.54) is 10.8 Å². The Morgan fingerprint density at radius 1 is 1.53 bits per heavy atom. The lowest BCUT2D eigenvalue weighted by Gasteiger charge is -2.10. The quantitative estimate of drug-likeness (QED) is 0.916. The van der Waals surface area contributed by atoms with Gasteiger partial charge in [-0.15, -0.1) is 11.3 Å². The van der Waals surface area contributed by atoms with Crippen LogP contribution in [0.5, 0.6) is 0 Å². The Morgan fingerprint density at radius 2 is 2.32 bits per heavy atom. The summed E-state index contributed by atoms with van der Waals surface area (Å²) in [6, 6.07) is 3.86. The highest BCUT2D eigenvalue weighted by atomic mass is 32.1. The maximum atomic E-state index is 13.8. The molecule has 0 aromatic carbocycles. The number of hydrogen-bond acceptors (Lipinski definition) is 4. The second-order valence-corrected chi connectivity index (χ2v) is 5.73. The van der Waals surface area contributed by atoms with Crippen LogP contribution in [0.3, 0.4) is 0 Å². The third-order valence-electron chi connectivity index (χ3n) is 2.52. The molecule has 4 nitrogen and oxygen atoms in total. The Labute approximate surface area is 114 Å². The van der Waals surface area contributed by atoms with Crippen LogP contribution in [0.2, 0.25) is 0 Å². The minimum Gasteiger partial charge on any atom is -0.363 e. The van der Waals surface area contributed by atoms with Gasteiger partial charge in [0.15, 0.2) is 11.6 Å². The van der Waals surface area contributed by atoms with E-state index >= 15 is 0 Å². The predicted octanol–water partition coefficient (Wildman–Crippen LogP) is 2.71. The van der Waals surface area contributed by atoms with Gasteiger partial charge in [0.25, 0.3) is 0 Å². The molecule has 0 spiro atoms. The Kier molecular flexibility index (Phi) is 4.31. The van der Waals surface area contributed by atoms with Crippen LogP contribution in [-0.2, 0) is 13.1 Å². The Bertz CT molecular complexity index is 592. The fraction of sp³-hybridized carbons (Fsp3) is 0.385. The third-order valence-corrected chi connectivity index (χ3v) is 3.40. The summed E-state index contributed by atoms with van der Waals surface area (Å²) in [5.41, 5.74) is -0.427. The van der Waals surface area contributed by atoms with E-state index in [1.54, 1.807) is 11.3 Å². The SMILES string of the molecule is CC(C)Cn1cc(F)c(NCc2cccs2)nc1=O. The summed E-state index contributed by atoms with van der Waals surface area (Å²) in [4.78, 5) is 16.6. The maximum Gasteiger partial charge on any atom is 0.349 e. The largest absolute Gasteiger partial charge is 0.363 e. The highest BCUT2D eigenvalue weighted by molar-refractivity contribution is 7.09. The Balaban J connectivity index is 2.13. The molecule has 2 rings (SSSR count). The molecule has 0 saturated carbocycles. The molecule has 2 aromatic rings. The third kappa shape index (κ3) is 3.64. The van der Waals surface area contributed by atoms with Crippen LogP contribution in [0, 0.1) is 11.7 Å². The number of rotatable bonds is 5. The van der Waals surface area contributed by atoms with E-state index in [4.69, 9.17) is 0 Å². The summed E-state index contributed by atoms with van der Waals surface area (Å²) < 4.78 is 15.1. The summed E-state index contributed by atoms with van der Waals surface area (Å²) >= 11 is 1.57. The second kappa shape index (κ2) is 5.97. The van der Waals surface area contributed by atoms with Gasteiger partial charge in [-0.1, -0.05) is 19.9 Å². The van der Waals surface area contributed by atoms with Crippen molar-refractivity contribution in [1.29, 1.82) is 0 Å². The molecule has 19 heavy (non-hydrogen) atoms. The number of nitrogens with zero attached hydrogens (tertiary/aromatic N) is 2. The average molecular weight is 281 g/mol. The average Bonchev–Trinajstić information content (AvgIpc) is 2.84. The molecule has 0 bridgehead atoms. The molecule has 2 heterocycles. The molecule has 6 heteroatoms. The molecule has 0 amide bonds. The fourth-order valence-corrected chi connectivity index (χ4v) is 2.34. The van der Waals surface area contributed by atoms with Crippen molar-refractivity contribution in [3.8, 4) is 0 Å². The van der Waals surface area contributed by atoms with Crippen LogP contribution in [0.1, 0.15) is 18.7 Å². The van der Waals surface area contributed by atoms with Crippen molar-refractivity contribution in [2.45, 2.75) is 26.9 Å². The van der Waals surface area contributed by atoms with E-state index in [0.29, 0.717) is 13.1 Å². The molecule has 1 N–H and O–H groups in total. The zero-order valence-electron chi connectivity index (χ0n) is 10.9. The van der Waals surface area contributed by atoms with Crippen molar-refractivity contribution in [2.75, 3.05) is 5.32 Å². The molecule has 0 unspecified atom stereocenters. The lowest BCUT2D eigenvalue weighted by atomic mass is 10.2. The number of nitrogens with one attached hydrogen (secondary N) is 1. The first-order valence-electron chi connectivity index (χ1n) is 6.09. The highest BCUT2D eigenvalue weighted by Gasteiger charge is 2.09. The number of aromatic nitrogens is 2. The number of thiophene rings is 1. The van der Waals surface area contributed by atoms with Gasteiger partial charge in [0.2, 0.25) is 0 Å². The molecular weight excluding hydrogens is 265 g/mol. The van der Waals surface area contributed by atoms with E-state index in [-0.39, 0.29) is 11.7 Å². The molecule has 0 aliphatic rings. The van der Waals surface area contributed by atoms with Crippen LogP contribution < -0.4 is 11.0 Å². The van der Waals surface area contributed by atoms with Crippen LogP contribution in [0.4, 0.5) is 10.2 Å². The van der Waals surface area contributed by atoms with Gasteiger partial charge in [-0.3, -0.25) is 4.57 Å². The van der Waals surface area contributed by atoms with Gasteiger partial charge >= 0.3 is 5.69 Å². The number of anilines is 1. The van der Waals surface area contributed by atoms with E-state index in [1.807, 2.05) is 31.4 Å². The van der Waals surface area contributed by atoms with Crippen molar-refractivity contribution in [3.05, 3.63) is 44.9 Å². The summed E-state index contributed by atoms with van der Waals surface area (Å²) in [6.45, 7) is 4.86. The van der Waals surface area contributed by atoms with Crippen LogP contribution in [0.15, 0.2) is 28.5 Å². The van der Waals surface area contributed by atoms with Crippen molar-refractivity contribution >= 4 is 17.2 Å². The minimum absolute atomic E-state index is 0.0124. The summed E-state index contributed by atoms with van der Waals surface area (Å²) in [6.07, 6.45) is 1.21. The first-order chi connectivity index (χ1) is 9.06. The normalized spacial score (nSPS) is 10.9. The van der Waals surface area contributed by atoms with Gasteiger partial charge in [0, 0.05) is 17.6 Å². The van der Waals surface area contributed by atoms with Gasteiger partial charge in [0.05, 0.1) is 6.54 Å². The van der Waals surface area contributed by atoms with Gasteiger partial charge < -0.3 is 5.32 Å². The van der Waals surface area contributed by atoms with Crippen molar-refractivity contribution in [1.82, 2.24) is 9.55 Å². The van der Waals surface area contributed by atoms with Gasteiger partial charge in [-0.25, -0.2) is 9.18 Å². The smallest absolute Gasteiger partial charge is 0.349 e. The summed E-state index contributed by atoms with van der Waals surface area (Å²) in [7, 11) is 0. The van der Waals surface area contributed by atoms with Gasteiger partial charge in [0.1, 0.15) is 0 Å². The molecule has 0 fully saturated rings. The van der Waals surface area contributed by atoms with Crippen LogP contribution in [-0.4, -0.2) is 9.55 Å². The lowest BCUT2D eigenvalue weighted by Crippen LogP contribution is -2.26. The van der Waals surface area contributed by atoms with E-state index in [0.717, 1.165) is 4.88 Å². The monoisotopic (exact) mass is 281 g/mol. The molecular formula is C13H16FN3OS. The molecule has 102 valence electrons. The first-order valence-corrected chi connectivity index (χ1v) is 6.97. The molecule has 0 aliphatic carbocycles. The molecule has 0 radical (unpaired) electrons. The van der Waals surface area contributed by atoms with Gasteiger partial charge in [-0.05, 0) is 17.4 Å². The topological polar surface area (TPSA) is 46.9 Å². The van der Waals surface area contributed by atoms with Crippen molar-refractivity contribution in [3.63, 3.8) is 0 Å². The zero-order valence-corrected chi connectivity index (χ0v) is 11.7. The van der Waals surface area contributed by atoms with Crippen LogP contribution in [0.25, 0.3) is 0 Å². The Hall–Kier alpha value is -1.69. The molecule has 0 saturated heterocycles. The van der Waals surface area contributed by atoms with Crippen LogP contribution >= 0.6 is 11.3 Å². The summed E-state index contributed by atoms with van der Waals surface area (Å²) in [5.74, 6) is -0.223. The molecule has 0 aliphatic heterocycles. The maximum absolute atomic E-state index is 13.8. The minimum atomic E-state index is -0.503. The molecule has 2 aromatic heterocycles. The summed E-state index contributed by atoms with van der Waals surface area (Å²) in [5, 5.41) is 4.79. The number of hydrogen-bond donors (Lipinski definition) is 1. The zero-order chi connectivity index (χ0) is 13.8. The second-order valence-electron chi connectivity index (χ2n) is 4.70. The number of halogens is 1.